The van der Waals surface area contributed by atoms with Crippen molar-refractivity contribution in [3.8, 4) is 5.75 Å². The number of ether oxygens (including phenoxy) is 3. The molecule has 0 aromatic heterocycles. The Labute approximate surface area is 168 Å². The van der Waals surface area contributed by atoms with Crippen LogP contribution >= 0.6 is 0 Å². The van der Waals surface area contributed by atoms with Crippen molar-refractivity contribution in [1.82, 2.24) is 5.32 Å². The Kier molecular flexibility index (Phi) is 5.17. The molecule has 1 aromatic carbocycles. The van der Waals surface area contributed by atoms with Gasteiger partial charge in [0.2, 0.25) is 5.91 Å². The van der Waals surface area contributed by atoms with Gasteiger partial charge in [0.1, 0.15) is 12.4 Å². The van der Waals surface area contributed by atoms with E-state index in [1.54, 1.807) is 14.0 Å². The van der Waals surface area contributed by atoms with Gasteiger partial charge in [0.05, 0.1) is 12.7 Å². The zero-order valence-electron chi connectivity index (χ0n) is 17.5. The van der Waals surface area contributed by atoms with Gasteiger partial charge in [-0.25, -0.2) is 0 Å². The van der Waals surface area contributed by atoms with Crippen LogP contribution < -0.4 is 10.1 Å². The first kappa shape index (κ1) is 19.7. The van der Waals surface area contributed by atoms with Gasteiger partial charge in [-0.15, -0.1) is 0 Å². The van der Waals surface area contributed by atoms with Crippen molar-refractivity contribution in [1.29, 1.82) is 0 Å². The number of benzene rings is 1. The molecule has 1 aliphatic heterocycles. The number of hydrogen-bond donors (Lipinski definition) is 1. The fourth-order valence-corrected chi connectivity index (χ4v) is 6.32. The molecule has 5 atom stereocenters. The molecule has 3 fully saturated rings. The first-order valence-corrected chi connectivity index (χ1v) is 10.5. The molecule has 1 aromatic rings. The maximum absolute atomic E-state index is 12.0. The average molecular weight is 388 g/mol. The molecular weight excluding hydrogens is 354 g/mol. The second-order valence-corrected chi connectivity index (χ2v) is 9.38. The Morgan fingerprint density at radius 2 is 2.00 bits per heavy atom. The normalized spacial score (nSPS) is 35.4. The highest BCUT2D eigenvalue weighted by atomic mass is 16.5. The van der Waals surface area contributed by atoms with Crippen LogP contribution in [0.3, 0.4) is 0 Å². The lowest BCUT2D eigenvalue weighted by Crippen LogP contribution is -2.58. The van der Waals surface area contributed by atoms with Crippen LogP contribution in [0.5, 0.6) is 5.75 Å². The van der Waals surface area contributed by atoms with Crippen LogP contribution in [0.2, 0.25) is 0 Å². The molecule has 2 bridgehead atoms. The summed E-state index contributed by atoms with van der Waals surface area (Å²) in [6.07, 6.45) is 3.52. The number of nitrogens with one attached hydrogen (secondary N) is 1. The molecule has 1 saturated heterocycles. The van der Waals surface area contributed by atoms with E-state index in [4.69, 9.17) is 14.2 Å². The van der Waals surface area contributed by atoms with E-state index in [9.17, 15) is 4.79 Å². The number of methoxy groups -OCH3 is 1. The van der Waals surface area contributed by atoms with Gasteiger partial charge in [-0.3, -0.25) is 4.79 Å². The van der Waals surface area contributed by atoms with Crippen molar-refractivity contribution < 1.29 is 19.0 Å². The van der Waals surface area contributed by atoms with Crippen molar-refractivity contribution in [3.63, 3.8) is 0 Å². The van der Waals surface area contributed by atoms with Gasteiger partial charge in [0.25, 0.3) is 0 Å². The topological polar surface area (TPSA) is 56.8 Å². The van der Waals surface area contributed by atoms with Crippen LogP contribution in [0.15, 0.2) is 24.3 Å². The number of fused-ring (bicyclic) bond motifs is 1. The number of carbonyl (C=O) groups excluding carboxylic acids is 1. The standard InChI is InChI=1S/C23H33NO4/c1-15(25)24-21-22(2,3)17-13-19-20(28-10-9-23(19,21)14-17)16-5-7-18(8-6-16)27-12-11-26-4/h5-8,17,19-21H,9-14H2,1-4H3,(H,24,25)/t17-,19-,20-,21+,23-/m1/s1. The third-order valence-corrected chi connectivity index (χ3v) is 7.62. The lowest BCUT2D eigenvalue weighted by atomic mass is 9.59. The number of amides is 1. The molecule has 0 unspecified atom stereocenters. The predicted octanol–water partition coefficient (Wildman–Crippen LogP) is 3.73. The van der Waals surface area contributed by atoms with Crippen LogP contribution in [-0.2, 0) is 14.3 Å². The van der Waals surface area contributed by atoms with Gasteiger partial charge in [-0.1, -0.05) is 26.0 Å². The minimum Gasteiger partial charge on any atom is -0.491 e. The van der Waals surface area contributed by atoms with Crippen molar-refractivity contribution in [2.45, 2.75) is 52.2 Å². The fourth-order valence-electron chi connectivity index (χ4n) is 6.32. The summed E-state index contributed by atoms with van der Waals surface area (Å²) in [5.41, 5.74) is 1.51. The van der Waals surface area contributed by atoms with Crippen molar-refractivity contribution in [2.75, 3.05) is 26.9 Å². The maximum Gasteiger partial charge on any atom is 0.217 e. The molecule has 1 spiro atoms. The molecule has 154 valence electrons. The lowest BCUT2D eigenvalue weighted by Gasteiger charge is -2.53. The second-order valence-electron chi connectivity index (χ2n) is 9.38. The number of hydrogen-bond acceptors (Lipinski definition) is 4. The molecule has 1 amide bonds. The summed E-state index contributed by atoms with van der Waals surface area (Å²) in [7, 11) is 1.67. The van der Waals surface area contributed by atoms with Gasteiger partial charge < -0.3 is 19.5 Å². The smallest absolute Gasteiger partial charge is 0.217 e. The minimum atomic E-state index is 0.0827. The summed E-state index contributed by atoms with van der Waals surface area (Å²) in [5.74, 6) is 2.03. The van der Waals surface area contributed by atoms with Crippen LogP contribution in [0.4, 0.5) is 0 Å². The van der Waals surface area contributed by atoms with Gasteiger partial charge >= 0.3 is 0 Å². The van der Waals surface area contributed by atoms with Crippen molar-refractivity contribution in [2.24, 2.45) is 22.7 Å². The van der Waals surface area contributed by atoms with Crippen LogP contribution in [-0.4, -0.2) is 38.9 Å². The van der Waals surface area contributed by atoms with E-state index in [2.05, 4.69) is 31.3 Å². The molecule has 28 heavy (non-hydrogen) atoms. The first-order chi connectivity index (χ1) is 13.4. The Morgan fingerprint density at radius 3 is 2.68 bits per heavy atom. The summed E-state index contributed by atoms with van der Waals surface area (Å²) >= 11 is 0. The molecular formula is C23H33NO4. The predicted molar refractivity (Wildman–Crippen MR) is 107 cm³/mol. The summed E-state index contributed by atoms with van der Waals surface area (Å²) < 4.78 is 17.0. The number of rotatable bonds is 6. The van der Waals surface area contributed by atoms with E-state index in [-0.39, 0.29) is 28.9 Å². The molecule has 3 aliphatic rings. The van der Waals surface area contributed by atoms with Gasteiger partial charge in [0, 0.05) is 26.7 Å². The van der Waals surface area contributed by atoms with Gasteiger partial charge in [-0.2, -0.15) is 0 Å². The lowest BCUT2D eigenvalue weighted by molar-refractivity contribution is -0.136. The zero-order chi connectivity index (χ0) is 19.9. The minimum absolute atomic E-state index is 0.0827. The Hall–Kier alpha value is -1.59. The van der Waals surface area contributed by atoms with Crippen LogP contribution in [0.25, 0.3) is 0 Å². The molecule has 0 radical (unpaired) electrons. The third-order valence-electron chi connectivity index (χ3n) is 7.62. The maximum atomic E-state index is 12.0. The van der Waals surface area contributed by atoms with E-state index in [1.807, 2.05) is 12.1 Å². The highest BCUT2D eigenvalue weighted by molar-refractivity contribution is 5.73. The Morgan fingerprint density at radius 1 is 1.25 bits per heavy atom. The summed E-state index contributed by atoms with van der Waals surface area (Å²) in [6, 6.07) is 8.55. The monoisotopic (exact) mass is 387 g/mol. The highest BCUT2D eigenvalue weighted by Gasteiger charge is 2.68. The fraction of sp³-hybridized carbons (Fsp3) is 0.696. The number of carbonyl (C=O) groups is 1. The summed E-state index contributed by atoms with van der Waals surface area (Å²) in [4.78, 5) is 12.0. The van der Waals surface area contributed by atoms with Crippen molar-refractivity contribution >= 4 is 5.91 Å². The van der Waals surface area contributed by atoms with Gasteiger partial charge in [0.15, 0.2) is 0 Å². The second kappa shape index (κ2) is 7.34. The van der Waals surface area contributed by atoms with E-state index in [0.29, 0.717) is 25.0 Å². The van der Waals surface area contributed by atoms with Crippen molar-refractivity contribution in [3.05, 3.63) is 29.8 Å². The molecule has 4 rings (SSSR count). The average Bonchev–Trinajstić information content (AvgIpc) is 3.15. The Balaban J connectivity index is 1.56. The first-order valence-electron chi connectivity index (χ1n) is 10.5. The largest absolute Gasteiger partial charge is 0.491 e. The van der Waals surface area contributed by atoms with E-state index in [0.717, 1.165) is 18.8 Å². The molecule has 5 heteroatoms. The van der Waals surface area contributed by atoms with Crippen LogP contribution in [0.1, 0.15) is 51.7 Å². The van der Waals surface area contributed by atoms with E-state index in [1.165, 1.54) is 18.4 Å². The molecule has 2 saturated carbocycles. The van der Waals surface area contributed by atoms with E-state index < -0.39 is 0 Å². The summed E-state index contributed by atoms with van der Waals surface area (Å²) in [6.45, 7) is 8.20. The third kappa shape index (κ3) is 3.13. The quantitative estimate of drug-likeness (QED) is 0.756. The Bertz CT molecular complexity index is 716. The molecule has 2 aliphatic carbocycles. The zero-order valence-corrected chi connectivity index (χ0v) is 17.5. The highest BCUT2D eigenvalue weighted by Crippen LogP contribution is 2.70. The van der Waals surface area contributed by atoms with E-state index >= 15 is 0 Å². The van der Waals surface area contributed by atoms with Gasteiger partial charge in [-0.05, 0) is 59.6 Å². The molecule has 5 nitrogen and oxygen atoms in total. The van der Waals surface area contributed by atoms with Crippen LogP contribution in [0, 0.1) is 22.7 Å². The molecule has 1 heterocycles. The SMILES string of the molecule is COCCOc1ccc([C@H]2OCC[C@@]34C[C@@H](C[C@H]23)C(C)(C)[C@@H]4NC(C)=O)cc1. The molecule has 1 N–H and O–H groups in total. The summed E-state index contributed by atoms with van der Waals surface area (Å²) in [5, 5.41) is 3.34.